The maximum atomic E-state index is 13.4. The number of ether oxygens (including phenoxy) is 5. The molecule has 0 spiro atoms. The monoisotopic (exact) mass is 919 g/mol. The number of aliphatic hydroxyl groups excluding tert-OH is 2. The van der Waals surface area contributed by atoms with Gasteiger partial charge in [0.25, 0.3) is 0 Å². The number of hydrogen-bond acceptors (Lipinski definition) is 16. The van der Waals surface area contributed by atoms with E-state index in [4.69, 9.17) is 37.6 Å². The van der Waals surface area contributed by atoms with Gasteiger partial charge in [-0.25, -0.2) is 14.8 Å². The van der Waals surface area contributed by atoms with Crippen LogP contribution >= 0.6 is 0 Å². The van der Waals surface area contributed by atoms with Gasteiger partial charge < -0.3 is 48.0 Å². The summed E-state index contributed by atoms with van der Waals surface area (Å²) in [6.45, 7) is 9.99. The average molecular weight is 920 g/mol. The molecule has 0 aliphatic carbocycles. The number of nitrogens with zero attached hydrogens (tertiary/aromatic N) is 2. The largest absolute Gasteiger partial charge is 0.468 e. The first-order valence-corrected chi connectivity index (χ1v) is 21.4. The third kappa shape index (κ3) is 16.8. The second kappa shape index (κ2) is 29.2. The molecule has 360 valence electrons. The van der Waals surface area contributed by atoms with E-state index in [1.807, 2.05) is 13.8 Å². The van der Waals surface area contributed by atoms with Gasteiger partial charge >= 0.3 is 23.9 Å². The normalized spacial score (nSPS) is 16.6. The lowest BCUT2D eigenvalue weighted by molar-refractivity contribution is -0.178. The molecule has 2 aromatic heterocycles. The molecule has 2 heterocycles. The van der Waals surface area contributed by atoms with Crippen LogP contribution in [0.25, 0.3) is 12.2 Å². The van der Waals surface area contributed by atoms with E-state index in [1.165, 1.54) is 46.7 Å². The van der Waals surface area contributed by atoms with Gasteiger partial charge in [0.1, 0.15) is 41.3 Å². The molecule has 0 saturated carbocycles. The highest BCUT2D eigenvalue weighted by Gasteiger charge is 2.51. The fourth-order valence-electron chi connectivity index (χ4n) is 6.31. The van der Waals surface area contributed by atoms with Gasteiger partial charge in [0.15, 0.2) is 5.69 Å². The van der Waals surface area contributed by atoms with E-state index >= 15 is 0 Å². The summed E-state index contributed by atoms with van der Waals surface area (Å²) in [5, 5.41) is 23.0. The Hall–Kier alpha value is -6.43. The fraction of sp³-hybridized carbons (Fsp3) is 0.449. The fourth-order valence-corrected chi connectivity index (χ4v) is 6.31. The second-order valence-electron chi connectivity index (χ2n) is 15.2. The van der Waals surface area contributed by atoms with Crippen molar-refractivity contribution in [1.29, 1.82) is 0 Å². The lowest BCUT2D eigenvalue weighted by Gasteiger charge is -2.38. The van der Waals surface area contributed by atoms with Crippen molar-refractivity contribution >= 4 is 41.9 Å². The molecule has 0 aliphatic heterocycles. The predicted octanol–water partition coefficient (Wildman–Crippen LogP) is 6.91. The summed E-state index contributed by atoms with van der Waals surface area (Å²) in [6.07, 6.45) is 24.8. The average Bonchev–Trinajstić information content (AvgIpc) is 4.00. The Bertz CT molecular complexity index is 2110. The minimum Gasteiger partial charge on any atom is -0.468 e. The third-order valence-electron chi connectivity index (χ3n) is 10.5. The van der Waals surface area contributed by atoms with Crippen LogP contribution in [0.5, 0.6) is 0 Å². The lowest BCUT2D eigenvalue weighted by Crippen LogP contribution is -2.51. The van der Waals surface area contributed by atoms with E-state index in [1.54, 1.807) is 106 Å². The standard InChI is InChI=1S/C49H65N3O14/c1-10-23-37(54)48(5,46(58)61-8)40(26-20-16-14-17-21-27-42-51-35(31-53)32-63-42)66-45(57)36-33-64-43(52-36)28-22-18-13-15-19-25-38(60-7)49(6,47(59)62-9)39(24-11-2)65-44(56)30-29-41(55)50-34(4)12-3/h10-11,13-24,27-28,32-34,37-40,53-54H,12,25-26,29-31H2,1-9H3,(H,50,55)/b17-14+,18-13+,19-15-,20-16-,23-10+,24-11+,27-21+,28-22+/t34-,37?,38?,39?,40?,48?,49?/m0/s1. The first kappa shape index (κ1) is 55.7. The molecule has 0 aromatic carbocycles. The summed E-state index contributed by atoms with van der Waals surface area (Å²) >= 11 is 0. The molecule has 0 aliphatic rings. The van der Waals surface area contributed by atoms with Crippen LogP contribution < -0.4 is 5.32 Å². The minimum atomic E-state index is -1.72. The summed E-state index contributed by atoms with van der Waals surface area (Å²) < 4.78 is 38.2. The van der Waals surface area contributed by atoms with Crippen LogP contribution in [0.1, 0.15) is 102 Å². The first-order valence-electron chi connectivity index (χ1n) is 21.4. The van der Waals surface area contributed by atoms with E-state index in [-0.39, 0.29) is 55.8 Å². The van der Waals surface area contributed by atoms with E-state index in [9.17, 15) is 29.1 Å². The molecule has 1 amide bonds. The Morgan fingerprint density at radius 3 is 1.86 bits per heavy atom. The number of hydrogen-bond donors (Lipinski definition) is 3. The van der Waals surface area contributed by atoms with Crippen LogP contribution in [0.2, 0.25) is 0 Å². The number of aromatic nitrogens is 2. The first-order chi connectivity index (χ1) is 31.6. The molecule has 0 bridgehead atoms. The zero-order chi connectivity index (χ0) is 49.1. The maximum absolute atomic E-state index is 13.4. The molecule has 2 rings (SSSR count). The molecule has 17 nitrogen and oxygen atoms in total. The number of carbonyl (C=O) groups is 5. The van der Waals surface area contributed by atoms with Gasteiger partial charge in [-0.1, -0.05) is 85.9 Å². The number of allylic oxidation sites excluding steroid dienone is 10. The molecule has 0 saturated heterocycles. The third-order valence-corrected chi connectivity index (χ3v) is 10.5. The van der Waals surface area contributed by atoms with Gasteiger partial charge in [0.2, 0.25) is 17.7 Å². The van der Waals surface area contributed by atoms with E-state index in [2.05, 4.69) is 15.3 Å². The number of rotatable bonds is 28. The van der Waals surface area contributed by atoms with Gasteiger partial charge in [-0.3, -0.25) is 19.2 Å². The SMILES string of the molecule is C/C=C/C(O)C(C)(C(=O)OC)C(C\C=C/C=C/C=C/c1nc(CO)co1)OC(=O)c1coc(/C=C/C=C/C=C\CC(OC)C(C)(C(=O)OC)C(/C=C/C)OC(=O)CCC(=O)N[C@@H](C)CC)n1. The smallest absolute Gasteiger partial charge is 0.360 e. The van der Waals surface area contributed by atoms with Gasteiger partial charge in [0, 0.05) is 38.1 Å². The number of nitrogens with one attached hydrogen (secondary N) is 1. The molecule has 0 fully saturated rings. The van der Waals surface area contributed by atoms with Crippen molar-refractivity contribution in [3.63, 3.8) is 0 Å². The molecule has 7 atom stereocenters. The van der Waals surface area contributed by atoms with Gasteiger partial charge in [0.05, 0.1) is 39.5 Å². The minimum absolute atomic E-state index is 0.000577. The quantitative estimate of drug-likeness (QED) is 0.0340. The van der Waals surface area contributed by atoms with Crippen LogP contribution in [0, 0.1) is 10.8 Å². The zero-order valence-corrected chi connectivity index (χ0v) is 39.2. The zero-order valence-electron chi connectivity index (χ0n) is 39.2. The number of aliphatic hydroxyl groups is 2. The van der Waals surface area contributed by atoms with Crippen molar-refractivity contribution < 1.29 is 66.7 Å². The molecule has 2 aromatic rings. The number of methoxy groups -OCH3 is 3. The molecular weight excluding hydrogens is 855 g/mol. The molecular formula is C49H65N3O14. The molecule has 0 radical (unpaired) electrons. The maximum Gasteiger partial charge on any atom is 0.360 e. The molecule has 66 heavy (non-hydrogen) atoms. The highest BCUT2D eigenvalue weighted by molar-refractivity contribution is 5.88. The Morgan fingerprint density at radius 1 is 0.758 bits per heavy atom. The number of carbonyl (C=O) groups excluding carboxylic acids is 5. The summed E-state index contributed by atoms with van der Waals surface area (Å²) in [7, 11) is 3.85. The predicted molar refractivity (Wildman–Crippen MR) is 246 cm³/mol. The number of esters is 4. The van der Waals surface area contributed by atoms with Crippen molar-refractivity contribution in [2.45, 2.75) is 111 Å². The highest BCUT2D eigenvalue weighted by Crippen LogP contribution is 2.36. The van der Waals surface area contributed by atoms with Gasteiger partial charge in [-0.15, -0.1) is 0 Å². The number of oxazole rings is 2. The van der Waals surface area contributed by atoms with Crippen molar-refractivity contribution in [3.05, 3.63) is 121 Å². The molecule has 6 unspecified atom stereocenters. The van der Waals surface area contributed by atoms with Crippen LogP contribution in [0.3, 0.4) is 0 Å². The van der Waals surface area contributed by atoms with Crippen LogP contribution in [-0.2, 0) is 49.5 Å². The van der Waals surface area contributed by atoms with E-state index < -0.39 is 59.1 Å². The number of amides is 1. The Kier molecular flexibility index (Phi) is 24.6. The van der Waals surface area contributed by atoms with Crippen LogP contribution in [0.15, 0.2) is 106 Å². The van der Waals surface area contributed by atoms with Crippen molar-refractivity contribution in [2.24, 2.45) is 10.8 Å². The summed E-state index contributed by atoms with van der Waals surface area (Å²) in [6, 6.07) is -0.0300. The van der Waals surface area contributed by atoms with Crippen LogP contribution in [0.4, 0.5) is 0 Å². The Morgan fingerprint density at radius 2 is 1.32 bits per heavy atom. The van der Waals surface area contributed by atoms with E-state index in [0.29, 0.717) is 11.6 Å². The Balaban J connectivity index is 2.17. The summed E-state index contributed by atoms with van der Waals surface area (Å²) in [5.41, 5.74) is -2.97. The second-order valence-corrected chi connectivity index (χ2v) is 15.2. The van der Waals surface area contributed by atoms with Gasteiger partial charge in [-0.2, -0.15) is 0 Å². The molecule has 17 heteroatoms. The topological polar surface area (TPSA) is 236 Å². The van der Waals surface area contributed by atoms with Crippen molar-refractivity contribution in [2.75, 3.05) is 21.3 Å². The van der Waals surface area contributed by atoms with Crippen molar-refractivity contribution in [3.8, 4) is 0 Å². The highest BCUT2D eigenvalue weighted by atomic mass is 16.6. The molecule has 3 N–H and O–H groups in total. The van der Waals surface area contributed by atoms with Gasteiger partial charge in [-0.05, 0) is 53.5 Å². The Labute approximate surface area is 386 Å². The summed E-state index contributed by atoms with van der Waals surface area (Å²) in [4.78, 5) is 73.3. The summed E-state index contributed by atoms with van der Waals surface area (Å²) in [5.74, 6) is -2.92. The van der Waals surface area contributed by atoms with Crippen LogP contribution in [-0.4, -0.2) is 102 Å². The van der Waals surface area contributed by atoms with E-state index in [0.717, 1.165) is 12.7 Å². The van der Waals surface area contributed by atoms with Crippen molar-refractivity contribution in [1.82, 2.24) is 15.3 Å². The lowest BCUT2D eigenvalue weighted by atomic mass is 9.76.